The molecule has 0 spiro atoms. The molecule has 0 aliphatic carbocycles. The lowest BCUT2D eigenvalue weighted by Gasteiger charge is -2.17. The number of carbonyl (C=O) groups is 3. The second-order valence-corrected chi connectivity index (χ2v) is 5.94. The number of esters is 1. The molecule has 8 heteroatoms. The van der Waals surface area contributed by atoms with Crippen LogP contribution in [0.2, 0.25) is 0 Å². The van der Waals surface area contributed by atoms with Crippen LogP contribution in [0.1, 0.15) is 12.5 Å². The zero-order chi connectivity index (χ0) is 17.7. The van der Waals surface area contributed by atoms with Crippen LogP contribution in [-0.2, 0) is 14.3 Å². The maximum atomic E-state index is 12.0. The van der Waals surface area contributed by atoms with Crippen molar-refractivity contribution in [2.24, 2.45) is 0 Å². The maximum Gasteiger partial charge on any atom is 0.331 e. The van der Waals surface area contributed by atoms with Crippen molar-refractivity contribution in [1.82, 2.24) is 10.2 Å². The molecule has 1 aromatic rings. The molecule has 1 fully saturated rings. The Labute approximate surface area is 147 Å². The van der Waals surface area contributed by atoms with Gasteiger partial charge in [0.1, 0.15) is 5.75 Å². The third-order valence-corrected chi connectivity index (χ3v) is 3.85. The van der Waals surface area contributed by atoms with Crippen molar-refractivity contribution in [1.29, 1.82) is 0 Å². The van der Waals surface area contributed by atoms with Gasteiger partial charge in [0.2, 0.25) is 0 Å². The van der Waals surface area contributed by atoms with E-state index in [4.69, 9.17) is 9.47 Å². The number of rotatable bonds is 5. The fraction of sp³-hybridized carbons (Fsp3) is 0.312. The molecule has 3 amide bonds. The molecule has 7 nitrogen and oxygen atoms in total. The Morgan fingerprint density at radius 2 is 2.17 bits per heavy atom. The van der Waals surface area contributed by atoms with Gasteiger partial charge in [-0.3, -0.25) is 9.69 Å². The Balaban J connectivity index is 1.98. The van der Waals surface area contributed by atoms with Crippen molar-refractivity contribution >= 4 is 39.9 Å². The zero-order valence-corrected chi connectivity index (χ0v) is 14.8. The number of methoxy groups -OCH3 is 1. The summed E-state index contributed by atoms with van der Waals surface area (Å²) in [7, 11) is 1.53. The van der Waals surface area contributed by atoms with Gasteiger partial charge in [0.15, 0.2) is 6.10 Å². The molecular weight excluding hydrogens is 380 g/mol. The average Bonchev–Trinajstić information content (AvgIpc) is 2.98. The van der Waals surface area contributed by atoms with E-state index >= 15 is 0 Å². The van der Waals surface area contributed by atoms with Crippen LogP contribution in [-0.4, -0.2) is 49.1 Å². The summed E-state index contributed by atoms with van der Waals surface area (Å²) in [4.78, 5) is 36.4. The number of hydrogen-bond acceptors (Lipinski definition) is 5. The van der Waals surface area contributed by atoms with E-state index in [0.717, 1.165) is 9.37 Å². The summed E-state index contributed by atoms with van der Waals surface area (Å²) in [6, 6.07) is 4.88. The highest BCUT2D eigenvalue weighted by molar-refractivity contribution is 9.10. The Morgan fingerprint density at radius 1 is 1.42 bits per heavy atom. The lowest BCUT2D eigenvalue weighted by molar-refractivity contribution is -0.153. The first-order chi connectivity index (χ1) is 11.4. The number of nitrogens with zero attached hydrogens (tertiary/aromatic N) is 1. The Bertz CT molecular complexity index is 689. The van der Waals surface area contributed by atoms with Gasteiger partial charge in [0.25, 0.3) is 5.91 Å². The van der Waals surface area contributed by atoms with Gasteiger partial charge in [0.05, 0.1) is 7.11 Å². The molecule has 1 aliphatic heterocycles. The minimum Gasteiger partial charge on any atom is -0.496 e. The van der Waals surface area contributed by atoms with E-state index in [-0.39, 0.29) is 6.54 Å². The van der Waals surface area contributed by atoms with E-state index in [1.54, 1.807) is 12.1 Å². The molecule has 0 saturated carbocycles. The van der Waals surface area contributed by atoms with Gasteiger partial charge in [0, 0.05) is 29.2 Å². The quantitative estimate of drug-likeness (QED) is 0.607. The van der Waals surface area contributed by atoms with Crippen LogP contribution < -0.4 is 10.1 Å². The summed E-state index contributed by atoms with van der Waals surface area (Å²) in [5.41, 5.74) is 0.682. The summed E-state index contributed by atoms with van der Waals surface area (Å²) in [5, 5.41) is 2.52. The molecule has 128 valence electrons. The highest BCUT2D eigenvalue weighted by atomic mass is 79.9. The lowest BCUT2D eigenvalue weighted by atomic mass is 10.2. The molecule has 1 atom stereocenters. The van der Waals surface area contributed by atoms with Crippen molar-refractivity contribution < 1.29 is 23.9 Å². The molecule has 1 unspecified atom stereocenters. The van der Waals surface area contributed by atoms with Crippen LogP contribution in [0.25, 0.3) is 6.08 Å². The van der Waals surface area contributed by atoms with Crippen molar-refractivity contribution in [3.8, 4) is 5.75 Å². The minimum atomic E-state index is -1.05. The van der Waals surface area contributed by atoms with Gasteiger partial charge in [-0.1, -0.05) is 15.9 Å². The number of halogens is 1. The maximum absolute atomic E-state index is 12.0. The second kappa shape index (κ2) is 7.96. The third kappa shape index (κ3) is 4.35. The van der Waals surface area contributed by atoms with Crippen LogP contribution in [0.4, 0.5) is 4.79 Å². The molecule has 1 heterocycles. The van der Waals surface area contributed by atoms with Crippen LogP contribution in [0.3, 0.4) is 0 Å². The molecule has 1 aromatic carbocycles. The van der Waals surface area contributed by atoms with Gasteiger partial charge in [-0.15, -0.1) is 0 Å². The van der Waals surface area contributed by atoms with E-state index < -0.39 is 24.0 Å². The van der Waals surface area contributed by atoms with E-state index in [1.807, 2.05) is 6.07 Å². The summed E-state index contributed by atoms with van der Waals surface area (Å²) in [6.45, 7) is 2.10. The Morgan fingerprint density at radius 3 is 2.79 bits per heavy atom. The van der Waals surface area contributed by atoms with E-state index in [0.29, 0.717) is 17.9 Å². The Kier molecular flexibility index (Phi) is 5.97. The highest BCUT2D eigenvalue weighted by Crippen LogP contribution is 2.24. The van der Waals surface area contributed by atoms with Crippen LogP contribution in [0.15, 0.2) is 28.7 Å². The van der Waals surface area contributed by atoms with Crippen LogP contribution in [0.5, 0.6) is 5.75 Å². The molecular formula is C16H17BrN2O5. The lowest BCUT2D eigenvalue weighted by Crippen LogP contribution is -2.41. The van der Waals surface area contributed by atoms with Gasteiger partial charge < -0.3 is 14.8 Å². The fourth-order valence-electron chi connectivity index (χ4n) is 2.16. The van der Waals surface area contributed by atoms with Gasteiger partial charge in [-0.2, -0.15) is 0 Å². The van der Waals surface area contributed by atoms with Crippen LogP contribution in [0, 0.1) is 0 Å². The van der Waals surface area contributed by atoms with Gasteiger partial charge >= 0.3 is 12.0 Å². The normalized spacial score (nSPS) is 15.3. The molecule has 24 heavy (non-hydrogen) atoms. The average molecular weight is 397 g/mol. The van der Waals surface area contributed by atoms with Crippen molar-refractivity contribution in [3.05, 3.63) is 34.3 Å². The largest absolute Gasteiger partial charge is 0.496 e. The second-order valence-electron chi connectivity index (χ2n) is 5.02. The van der Waals surface area contributed by atoms with Crippen molar-refractivity contribution in [3.63, 3.8) is 0 Å². The first-order valence-electron chi connectivity index (χ1n) is 7.24. The number of imide groups is 1. The first-order valence-corrected chi connectivity index (χ1v) is 8.03. The van der Waals surface area contributed by atoms with Crippen molar-refractivity contribution in [2.45, 2.75) is 13.0 Å². The molecule has 0 bridgehead atoms. The summed E-state index contributed by atoms with van der Waals surface area (Å²) in [5.74, 6) is -0.635. The predicted octanol–water partition coefficient (Wildman–Crippen LogP) is 1.95. The molecule has 0 radical (unpaired) electrons. The molecule has 1 N–H and O–H groups in total. The number of nitrogens with one attached hydrogen (secondary N) is 1. The van der Waals surface area contributed by atoms with E-state index in [2.05, 4.69) is 21.2 Å². The summed E-state index contributed by atoms with van der Waals surface area (Å²) < 4.78 is 11.1. The first kappa shape index (κ1) is 18.0. The molecule has 0 aromatic heterocycles. The van der Waals surface area contributed by atoms with E-state index in [1.165, 1.54) is 26.2 Å². The van der Waals surface area contributed by atoms with Gasteiger partial charge in [-0.05, 0) is 31.2 Å². The standard InChI is InChI=1S/C16H17BrN2O5/c1-10(15(21)19-8-7-18-16(19)22)24-14(20)6-3-11-9-12(17)4-5-13(11)23-2/h3-6,9-10H,7-8H2,1-2H3,(H,18,22)/b6-3+. The predicted molar refractivity (Wildman–Crippen MR) is 90.4 cm³/mol. The summed E-state index contributed by atoms with van der Waals surface area (Å²) in [6.07, 6.45) is 1.69. The molecule has 1 saturated heterocycles. The van der Waals surface area contributed by atoms with Crippen molar-refractivity contribution in [2.75, 3.05) is 20.2 Å². The Hall–Kier alpha value is -2.35. The minimum absolute atomic E-state index is 0.268. The number of carbonyl (C=O) groups excluding carboxylic acids is 3. The summed E-state index contributed by atoms with van der Waals surface area (Å²) >= 11 is 3.34. The topological polar surface area (TPSA) is 84.9 Å². The monoisotopic (exact) mass is 396 g/mol. The number of urea groups is 1. The van der Waals surface area contributed by atoms with Crippen LogP contribution >= 0.6 is 15.9 Å². The van der Waals surface area contributed by atoms with E-state index in [9.17, 15) is 14.4 Å². The molecule has 1 aliphatic rings. The SMILES string of the molecule is COc1ccc(Br)cc1/C=C/C(=O)OC(C)C(=O)N1CCNC1=O. The number of hydrogen-bond donors (Lipinski definition) is 1. The smallest absolute Gasteiger partial charge is 0.331 e. The number of benzene rings is 1. The number of ether oxygens (including phenoxy) is 2. The zero-order valence-electron chi connectivity index (χ0n) is 13.2. The van der Waals surface area contributed by atoms with Gasteiger partial charge in [-0.25, -0.2) is 9.59 Å². The highest BCUT2D eigenvalue weighted by Gasteiger charge is 2.31. The fourth-order valence-corrected chi connectivity index (χ4v) is 2.54. The number of amides is 3. The molecule has 2 rings (SSSR count). The third-order valence-electron chi connectivity index (χ3n) is 3.35.